The minimum absolute atomic E-state index is 0.0701. The van der Waals surface area contributed by atoms with Gasteiger partial charge in [-0.1, -0.05) is 0 Å². The van der Waals surface area contributed by atoms with Crippen molar-refractivity contribution < 1.29 is 23.9 Å². The van der Waals surface area contributed by atoms with E-state index in [1.807, 2.05) is 0 Å². The molecule has 1 aromatic heterocycles. The fraction of sp³-hybridized carbons (Fsp3) is 0.294. The number of carbonyl (C=O) groups is 1. The molecule has 0 fully saturated rings. The molecule has 0 aliphatic carbocycles. The molecule has 0 saturated carbocycles. The Balaban J connectivity index is 2.03. The van der Waals surface area contributed by atoms with E-state index in [1.165, 1.54) is 25.4 Å². The number of nitrogens with one attached hydrogen (secondary N) is 1. The van der Waals surface area contributed by atoms with Crippen molar-refractivity contribution in [3.8, 4) is 17.2 Å². The number of benzene rings is 1. The summed E-state index contributed by atoms with van der Waals surface area (Å²) in [4.78, 5) is 26.0. The van der Waals surface area contributed by atoms with Gasteiger partial charge in [0.2, 0.25) is 5.75 Å². The first-order valence-corrected chi connectivity index (χ1v) is 7.69. The number of carbonyl (C=O) groups excluding carboxylic acids is 1. The summed E-state index contributed by atoms with van der Waals surface area (Å²) in [5, 5.41) is 13.6. The van der Waals surface area contributed by atoms with Gasteiger partial charge in [0.25, 0.3) is 5.91 Å². The average Bonchev–Trinajstić information content (AvgIpc) is 2.65. The van der Waals surface area contributed by atoms with Crippen molar-refractivity contribution in [1.29, 1.82) is 0 Å². The van der Waals surface area contributed by atoms with Crippen LogP contribution in [0.2, 0.25) is 0 Å². The van der Waals surface area contributed by atoms with Gasteiger partial charge in [-0.2, -0.15) is 0 Å². The fourth-order valence-corrected chi connectivity index (χ4v) is 2.31. The number of methoxy groups -OCH3 is 2. The molecule has 0 aliphatic heterocycles. The summed E-state index contributed by atoms with van der Waals surface area (Å²) in [5.41, 5.74) is 0.729. The predicted octanol–water partition coefficient (Wildman–Crippen LogP) is 2.26. The molecule has 26 heavy (non-hydrogen) atoms. The lowest BCUT2D eigenvalue weighted by molar-refractivity contribution is -0.390. The number of ether oxygens (including phenoxy) is 3. The minimum atomic E-state index is -0.670. The van der Waals surface area contributed by atoms with Gasteiger partial charge in [-0.25, -0.2) is 0 Å². The number of hydrogen-bond acceptors (Lipinski definition) is 7. The lowest BCUT2D eigenvalue weighted by Crippen LogP contribution is -2.31. The van der Waals surface area contributed by atoms with Gasteiger partial charge in [0.15, 0.2) is 6.61 Å². The van der Waals surface area contributed by atoms with E-state index in [0.29, 0.717) is 11.5 Å². The highest BCUT2D eigenvalue weighted by Gasteiger charge is 2.19. The molecule has 0 aliphatic rings. The number of amides is 1. The molecule has 0 unspecified atom stereocenters. The molecule has 1 aromatic carbocycles. The summed E-state index contributed by atoms with van der Waals surface area (Å²) in [7, 11) is 3.08. The highest BCUT2D eigenvalue weighted by molar-refractivity contribution is 5.78. The Labute approximate surface area is 150 Å². The van der Waals surface area contributed by atoms with Gasteiger partial charge in [0, 0.05) is 5.56 Å². The molecule has 9 nitrogen and oxygen atoms in total. The normalized spacial score (nSPS) is 11.3. The summed E-state index contributed by atoms with van der Waals surface area (Å²) in [5.74, 6) is 0.272. The molecule has 9 heteroatoms. The Hall–Kier alpha value is -3.36. The molecule has 0 spiro atoms. The van der Waals surface area contributed by atoms with Crippen LogP contribution >= 0.6 is 0 Å². The Morgan fingerprint density at radius 2 is 2.04 bits per heavy atom. The van der Waals surface area contributed by atoms with Crippen LogP contribution in [-0.4, -0.2) is 36.6 Å². The van der Waals surface area contributed by atoms with Gasteiger partial charge < -0.3 is 29.6 Å². The van der Waals surface area contributed by atoms with Crippen molar-refractivity contribution >= 4 is 11.7 Å². The lowest BCUT2D eigenvalue weighted by Gasteiger charge is -2.18. The molecule has 1 amide bonds. The molecule has 0 radical (unpaired) electrons. The predicted molar refractivity (Wildman–Crippen MR) is 92.5 cm³/mol. The number of pyridine rings is 1. The van der Waals surface area contributed by atoms with E-state index >= 15 is 0 Å². The van der Waals surface area contributed by atoms with Crippen LogP contribution in [0.3, 0.4) is 0 Å². The molecular weight excluding hydrogens is 342 g/mol. The number of nitrogens with zero attached hydrogens (tertiary/aromatic N) is 2. The molecule has 0 bridgehead atoms. The molecule has 2 rings (SSSR count). The second-order valence-electron chi connectivity index (χ2n) is 5.27. The number of nitro groups is 1. The van der Waals surface area contributed by atoms with Crippen LogP contribution in [0.1, 0.15) is 18.5 Å². The molecule has 2 aromatic rings. The van der Waals surface area contributed by atoms with Crippen LogP contribution in [0.15, 0.2) is 36.5 Å². The van der Waals surface area contributed by atoms with E-state index in [9.17, 15) is 14.9 Å². The fourth-order valence-electron chi connectivity index (χ4n) is 2.31. The average molecular weight is 361 g/mol. The number of hydrogen-bond donors (Lipinski definition) is 1. The second kappa shape index (κ2) is 8.65. The summed E-state index contributed by atoms with van der Waals surface area (Å²) in [6.45, 7) is 1.39. The molecule has 1 N–H and O–H groups in total. The van der Waals surface area contributed by atoms with Crippen LogP contribution in [0.25, 0.3) is 0 Å². The highest BCUT2D eigenvalue weighted by atomic mass is 16.6. The van der Waals surface area contributed by atoms with E-state index in [1.54, 1.807) is 32.2 Å². The Morgan fingerprint density at radius 3 is 2.69 bits per heavy atom. The zero-order valence-electron chi connectivity index (χ0n) is 14.6. The van der Waals surface area contributed by atoms with Gasteiger partial charge in [-0.3, -0.25) is 4.79 Å². The van der Waals surface area contributed by atoms with Crippen molar-refractivity contribution in [1.82, 2.24) is 10.3 Å². The first-order chi connectivity index (χ1) is 12.5. The summed E-state index contributed by atoms with van der Waals surface area (Å²) in [6, 6.07) is 7.74. The third-order valence-corrected chi connectivity index (χ3v) is 3.56. The van der Waals surface area contributed by atoms with E-state index in [0.717, 1.165) is 5.56 Å². The summed E-state index contributed by atoms with van der Waals surface area (Å²) < 4.78 is 15.7. The monoisotopic (exact) mass is 361 g/mol. The van der Waals surface area contributed by atoms with Crippen molar-refractivity contribution in [3.05, 3.63) is 52.2 Å². The van der Waals surface area contributed by atoms with E-state index in [4.69, 9.17) is 14.2 Å². The standard InChI is InChI=1S/C17H19N3O6/c1-11(13-9-12(24-2)6-7-14(13)25-3)19-16(21)10-26-15-5-4-8-18-17(15)20(22)23/h4-9,11H,10H2,1-3H3,(H,19,21)/t11-/m0/s1. The van der Waals surface area contributed by atoms with Crippen LogP contribution in [0, 0.1) is 10.1 Å². The maximum atomic E-state index is 12.1. The zero-order chi connectivity index (χ0) is 19.1. The number of aromatic nitrogens is 1. The van der Waals surface area contributed by atoms with Crippen molar-refractivity contribution in [2.45, 2.75) is 13.0 Å². The van der Waals surface area contributed by atoms with Gasteiger partial charge in [0.05, 0.1) is 20.3 Å². The van der Waals surface area contributed by atoms with Crippen LogP contribution in [0.4, 0.5) is 5.82 Å². The molecule has 1 heterocycles. The second-order valence-corrected chi connectivity index (χ2v) is 5.27. The maximum absolute atomic E-state index is 12.1. The molecule has 1 atom stereocenters. The van der Waals surface area contributed by atoms with Gasteiger partial charge in [-0.15, -0.1) is 0 Å². The van der Waals surface area contributed by atoms with E-state index in [2.05, 4.69) is 10.3 Å². The lowest BCUT2D eigenvalue weighted by atomic mass is 10.1. The van der Waals surface area contributed by atoms with Crippen molar-refractivity contribution in [2.75, 3.05) is 20.8 Å². The smallest absolute Gasteiger partial charge is 0.406 e. The molecule has 0 saturated heterocycles. The largest absolute Gasteiger partial charge is 0.497 e. The highest BCUT2D eigenvalue weighted by Crippen LogP contribution is 2.29. The quantitative estimate of drug-likeness (QED) is 0.567. The Bertz CT molecular complexity index is 796. The topological polar surface area (TPSA) is 113 Å². The van der Waals surface area contributed by atoms with E-state index < -0.39 is 16.6 Å². The first-order valence-electron chi connectivity index (χ1n) is 7.69. The third-order valence-electron chi connectivity index (χ3n) is 3.56. The summed E-state index contributed by atoms with van der Waals surface area (Å²) >= 11 is 0. The van der Waals surface area contributed by atoms with Gasteiger partial charge in [0.1, 0.15) is 17.7 Å². The molecule has 138 valence electrons. The van der Waals surface area contributed by atoms with Crippen molar-refractivity contribution in [2.24, 2.45) is 0 Å². The van der Waals surface area contributed by atoms with Gasteiger partial charge in [-0.05, 0) is 47.2 Å². The summed E-state index contributed by atoms with van der Waals surface area (Å²) in [6.07, 6.45) is 1.28. The third kappa shape index (κ3) is 4.59. The SMILES string of the molecule is COc1ccc(OC)c([C@H](C)NC(=O)COc2cccnc2[N+](=O)[O-])c1. The van der Waals surface area contributed by atoms with Crippen LogP contribution in [-0.2, 0) is 4.79 Å². The van der Waals surface area contributed by atoms with Crippen molar-refractivity contribution in [3.63, 3.8) is 0 Å². The Kier molecular flexibility index (Phi) is 6.31. The van der Waals surface area contributed by atoms with Crippen LogP contribution in [0.5, 0.6) is 17.2 Å². The Morgan fingerprint density at radius 1 is 1.27 bits per heavy atom. The maximum Gasteiger partial charge on any atom is 0.406 e. The van der Waals surface area contributed by atoms with E-state index in [-0.39, 0.29) is 18.4 Å². The number of rotatable bonds is 8. The minimum Gasteiger partial charge on any atom is -0.497 e. The first kappa shape index (κ1) is 19.0. The van der Waals surface area contributed by atoms with Crippen LogP contribution < -0.4 is 19.5 Å². The molecular formula is C17H19N3O6. The zero-order valence-corrected chi connectivity index (χ0v) is 14.6. The van der Waals surface area contributed by atoms with Gasteiger partial charge >= 0.3 is 5.82 Å².